The van der Waals surface area contributed by atoms with Crippen molar-refractivity contribution in [2.45, 2.75) is 45.2 Å². The first-order chi connectivity index (χ1) is 9.13. The number of rotatable bonds is 6. The maximum atomic E-state index is 12.3. The summed E-state index contributed by atoms with van der Waals surface area (Å²) in [6, 6.07) is 5.92. The molecule has 0 amide bonds. The Morgan fingerprint density at radius 3 is 2.35 bits per heavy atom. The predicted octanol–water partition coefficient (Wildman–Crippen LogP) is 4.20. The van der Waals surface area contributed by atoms with Gasteiger partial charge in [-0.3, -0.25) is 0 Å². The van der Waals surface area contributed by atoms with Gasteiger partial charge in [0.2, 0.25) is 0 Å². The van der Waals surface area contributed by atoms with Crippen LogP contribution in [0.4, 0.5) is 18.9 Å². The molecule has 1 N–H and O–H groups in total. The lowest BCUT2D eigenvalue weighted by molar-refractivity contribution is -0.274. The number of ether oxygens (including phenoxy) is 2. The number of benzene rings is 1. The minimum absolute atomic E-state index is 0.0667. The van der Waals surface area contributed by atoms with Crippen LogP contribution in [0, 0.1) is 0 Å². The van der Waals surface area contributed by atoms with E-state index in [0.717, 1.165) is 0 Å². The lowest BCUT2D eigenvalue weighted by Gasteiger charge is -2.28. The summed E-state index contributed by atoms with van der Waals surface area (Å²) in [7, 11) is 1.60. The van der Waals surface area contributed by atoms with Crippen LogP contribution in [0.15, 0.2) is 24.3 Å². The normalized spacial score (nSPS) is 13.9. The molecule has 1 rings (SSSR count). The zero-order chi connectivity index (χ0) is 15.4. The molecule has 6 heteroatoms. The number of hydrogen-bond acceptors (Lipinski definition) is 3. The van der Waals surface area contributed by atoms with Gasteiger partial charge in [-0.2, -0.15) is 0 Å². The highest BCUT2D eigenvalue weighted by molar-refractivity contribution is 5.56. The second-order valence-corrected chi connectivity index (χ2v) is 5.26. The van der Waals surface area contributed by atoms with Crippen LogP contribution in [-0.4, -0.2) is 25.1 Å². The van der Waals surface area contributed by atoms with Gasteiger partial charge in [0.1, 0.15) is 0 Å². The van der Waals surface area contributed by atoms with Crippen molar-refractivity contribution in [1.82, 2.24) is 0 Å². The van der Waals surface area contributed by atoms with Gasteiger partial charge in [-0.15, -0.1) is 13.2 Å². The van der Waals surface area contributed by atoms with Gasteiger partial charge in [0.15, 0.2) is 5.75 Å². The van der Waals surface area contributed by atoms with E-state index in [1.54, 1.807) is 19.2 Å². The monoisotopic (exact) mass is 291 g/mol. The van der Waals surface area contributed by atoms with E-state index < -0.39 is 6.36 Å². The molecule has 1 unspecified atom stereocenters. The summed E-state index contributed by atoms with van der Waals surface area (Å²) in [6.07, 6.45) is -4.06. The van der Waals surface area contributed by atoms with E-state index >= 15 is 0 Å². The van der Waals surface area contributed by atoms with Crippen LogP contribution in [-0.2, 0) is 4.74 Å². The molecule has 20 heavy (non-hydrogen) atoms. The Morgan fingerprint density at radius 1 is 1.20 bits per heavy atom. The standard InChI is InChI=1S/C14H20F3NO2/c1-10(9-13(2,3)19-4)18-11-7-5-6-8-12(11)20-14(15,16)17/h5-8,10,18H,9H2,1-4H3. The minimum Gasteiger partial charge on any atom is -0.404 e. The number of nitrogens with one attached hydrogen (secondary N) is 1. The average Bonchev–Trinajstić information content (AvgIpc) is 2.29. The van der Waals surface area contributed by atoms with Gasteiger partial charge in [-0.1, -0.05) is 12.1 Å². The van der Waals surface area contributed by atoms with Crippen molar-refractivity contribution in [3.63, 3.8) is 0 Å². The van der Waals surface area contributed by atoms with Crippen molar-refractivity contribution >= 4 is 5.69 Å². The third-order valence-electron chi connectivity index (χ3n) is 2.87. The zero-order valence-electron chi connectivity index (χ0n) is 12.0. The second-order valence-electron chi connectivity index (χ2n) is 5.26. The average molecular weight is 291 g/mol. The Hall–Kier alpha value is -1.43. The van der Waals surface area contributed by atoms with E-state index in [1.165, 1.54) is 12.1 Å². The van der Waals surface area contributed by atoms with Crippen LogP contribution in [0.3, 0.4) is 0 Å². The van der Waals surface area contributed by atoms with Crippen molar-refractivity contribution in [1.29, 1.82) is 0 Å². The molecule has 0 radical (unpaired) electrons. The Morgan fingerprint density at radius 2 is 1.80 bits per heavy atom. The number of methoxy groups -OCH3 is 1. The molecule has 0 aliphatic rings. The van der Waals surface area contributed by atoms with Crippen molar-refractivity contribution in [2.24, 2.45) is 0 Å². The van der Waals surface area contributed by atoms with Crippen molar-refractivity contribution in [3.05, 3.63) is 24.3 Å². The summed E-state index contributed by atoms with van der Waals surface area (Å²) < 4.78 is 46.2. The first kappa shape index (κ1) is 16.6. The molecule has 0 saturated carbocycles. The van der Waals surface area contributed by atoms with E-state index in [2.05, 4.69) is 10.1 Å². The van der Waals surface area contributed by atoms with Crippen LogP contribution in [0.1, 0.15) is 27.2 Å². The fraction of sp³-hybridized carbons (Fsp3) is 0.571. The van der Waals surface area contributed by atoms with Gasteiger partial charge in [-0.05, 0) is 39.3 Å². The molecule has 0 fully saturated rings. The van der Waals surface area contributed by atoms with Gasteiger partial charge in [0.05, 0.1) is 11.3 Å². The summed E-state index contributed by atoms with van der Waals surface area (Å²) in [5.74, 6) is -0.234. The fourth-order valence-corrected chi connectivity index (χ4v) is 1.94. The first-order valence-electron chi connectivity index (χ1n) is 6.29. The summed E-state index contributed by atoms with van der Waals surface area (Å²) in [4.78, 5) is 0. The SMILES string of the molecule is COC(C)(C)CC(C)Nc1ccccc1OC(F)(F)F. The summed E-state index contributed by atoms with van der Waals surface area (Å²) >= 11 is 0. The molecular formula is C14H20F3NO2. The minimum atomic E-state index is -4.70. The molecule has 0 bridgehead atoms. The second kappa shape index (κ2) is 6.35. The van der Waals surface area contributed by atoms with Crippen LogP contribution in [0.5, 0.6) is 5.75 Å². The third kappa shape index (κ3) is 5.69. The Labute approximate surface area is 117 Å². The van der Waals surface area contributed by atoms with Gasteiger partial charge >= 0.3 is 6.36 Å². The summed E-state index contributed by atoms with van der Waals surface area (Å²) in [6.45, 7) is 5.72. The van der Waals surface area contributed by atoms with E-state index in [1.807, 2.05) is 20.8 Å². The predicted molar refractivity (Wildman–Crippen MR) is 71.9 cm³/mol. The van der Waals surface area contributed by atoms with Crippen LogP contribution < -0.4 is 10.1 Å². The van der Waals surface area contributed by atoms with E-state index in [4.69, 9.17) is 4.74 Å². The highest BCUT2D eigenvalue weighted by atomic mass is 19.4. The molecule has 1 aromatic rings. The third-order valence-corrected chi connectivity index (χ3v) is 2.87. The number of anilines is 1. The summed E-state index contributed by atoms with van der Waals surface area (Å²) in [5, 5.41) is 3.02. The van der Waals surface area contributed by atoms with Crippen LogP contribution >= 0.6 is 0 Å². The lowest BCUT2D eigenvalue weighted by Crippen LogP contribution is -2.31. The molecule has 0 aromatic heterocycles. The molecular weight excluding hydrogens is 271 g/mol. The van der Waals surface area contributed by atoms with Crippen molar-refractivity contribution < 1.29 is 22.6 Å². The van der Waals surface area contributed by atoms with Crippen molar-refractivity contribution in [3.8, 4) is 5.75 Å². The van der Waals surface area contributed by atoms with Gasteiger partial charge in [0.25, 0.3) is 0 Å². The van der Waals surface area contributed by atoms with E-state index in [-0.39, 0.29) is 17.4 Å². The van der Waals surface area contributed by atoms with Gasteiger partial charge < -0.3 is 14.8 Å². The molecule has 1 atom stereocenters. The maximum absolute atomic E-state index is 12.3. The largest absolute Gasteiger partial charge is 0.573 e. The maximum Gasteiger partial charge on any atom is 0.573 e. The Bertz CT molecular complexity index is 433. The molecule has 0 aliphatic carbocycles. The van der Waals surface area contributed by atoms with E-state index in [9.17, 15) is 13.2 Å². The number of alkyl halides is 3. The first-order valence-corrected chi connectivity index (χ1v) is 6.29. The van der Waals surface area contributed by atoms with Gasteiger partial charge in [0, 0.05) is 13.2 Å². The van der Waals surface area contributed by atoms with Crippen LogP contribution in [0.25, 0.3) is 0 Å². The topological polar surface area (TPSA) is 30.5 Å². The van der Waals surface area contributed by atoms with Crippen LogP contribution in [0.2, 0.25) is 0 Å². The molecule has 0 aliphatic heterocycles. The Balaban J connectivity index is 2.77. The molecule has 1 aromatic carbocycles. The zero-order valence-corrected chi connectivity index (χ0v) is 12.0. The highest BCUT2D eigenvalue weighted by Gasteiger charge is 2.32. The quantitative estimate of drug-likeness (QED) is 0.852. The smallest absolute Gasteiger partial charge is 0.404 e. The molecule has 0 saturated heterocycles. The lowest BCUT2D eigenvalue weighted by atomic mass is 9.99. The molecule has 0 spiro atoms. The molecule has 0 heterocycles. The Kier molecular flexibility index (Phi) is 5.28. The summed E-state index contributed by atoms with van der Waals surface area (Å²) in [5.41, 5.74) is -0.0454. The van der Waals surface area contributed by atoms with E-state index in [0.29, 0.717) is 12.1 Å². The molecule has 114 valence electrons. The fourth-order valence-electron chi connectivity index (χ4n) is 1.94. The number of halogens is 3. The molecule has 3 nitrogen and oxygen atoms in total. The number of hydrogen-bond donors (Lipinski definition) is 1. The highest BCUT2D eigenvalue weighted by Crippen LogP contribution is 2.31. The number of para-hydroxylation sites is 2. The van der Waals surface area contributed by atoms with Gasteiger partial charge in [-0.25, -0.2) is 0 Å². The van der Waals surface area contributed by atoms with Crippen molar-refractivity contribution in [2.75, 3.05) is 12.4 Å².